The van der Waals surface area contributed by atoms with Gasteiger partial charge in [0.1, 0.15) is 11.5 Å². The second-order valence-electron chi connectivity index (χ2n) is 4.33. The van der Waals surface area contributed by atoms with Gasteiger partial charge < -0.3 is 9.47 Å². The molecule has 0 saturated heterocycles. The third kappa shape index (κ3) is 4.43. The van der Waals surface area contributed by atoms with Crippen LogP contribution in [0.1, 0.15) is 6.92 Å². The lowest BCUT2D eigenvalue weighted by molar-refractivity contribution is -0.141. The molecular weight excluding hydrogens is 370 g/mol. The van der Waals surface area contributed by atoms with Gasteiger partial charge in [-0.1, -0.05) is 46.4 Å². The van der Waals surface area contributed by atoms with Crippen LogP contribution in [-0.4, -0.2) is 12.1 Å². The fourth-order valence-electron chi connectivity index (χ4n) is 1.56. The summed E-state index contributed by atoms with van der Waals surface area (Å²) in [6, 6.07) is 9.25. The van der Waals surface area contributed by atoms with E-state index in [2.05, 4.69) is 0 Å². The SMILES string of the molecule is CC(Oc1ccc(Cl)cc1Cl)C(=O)Oc1ccc(Cl)cc1Cl. The Morgan fingerprint density at radius 2 is 1.41 bits per heavy atom. The van der Waals surface area contributed by atoms with Crippen LogP contribution < -0.4 is 9.47 Å². The molecule has 0 aliphatic heterocycles. The average molecular weight is 380 g/mol. The molecule has 116 valence electrons. The van der Waals surface area contributed by atoms with Crippen LogP contribution in [0.5, 0.6) is 11.5 Å². The highest BCUT2D eigenvalue weighted by Crippen LogP contribution is 2.30. The van der Waals surface area contributed by atoms with Gasteiger partial charge in [-0.25, -0.2) is 4.79 Å². The number of hydrogen-bond acceptors (Lipinski definition) is 3. The topological polar surface area (TPSA) is 35.5 Å². The molecule has 0 bridgehead atoms. The molecule has 22 heavy (non-hydrogen) atoms. The van der Waals surface area contributed by atoms with E-state index in [1.807, 2.05) is 0 Å². The summed E-state index contributed by atoms with van der Waals surface area (Å²) in [5.41, 5.74) is 0. The van der Waals surface area contributed by atoms with Gasteiger partial charge >= 0.3 is 5.97 Å². The van der Waals surface area contributed by atoms with Crippen LogP contribution in [-0.2, 0) is 4.79 Å². The number of benzene rings is 2. The minimum Gasteiger partial charge on any atom is -0.477 e. The molecule has 1 unspecified atom stereocenters. The van der Waals surface area contributed by atoms with Crippen molar-refractivity contribution in [1.29, 1.82) is 0 Å². The van der Waals surface area contributed by atoms with Gasteiger partial charge in [0.25, 0.3) is 0 Å². The van der Waals surface area contributed by atoms with Crippen LogP contribution >= 0.6 is 46.4 Å². The highest BCUT2D eigenvalue weighted by molar-refractivity contribution is 6.36. The number of carbonyl (C=O) groups excluding carboxylic acids is 1. The van der Waals surface area contributed by atoms with Gasteiger partial charge in [-0.2, -0.15) is 0 Å². The Morgan fingerprint density at radius 1 is 0.909 bits per heavy atom. The smallest absolute Gasteiger partial charge is 0.352 e. The highest BCUT2D eigenvalue weighted by atomic mass is 35.5. The summed E-state index contributed by atoms with van der Waals surface area (Å²) in [5.74, 6) is -0.0818. The van der Waals surface area contributed by atoms with E-state index in [1.54, 1.807) is 18.2 Å². The van der Waals surface area contributed by atoms with Gasteiger partial charge in [0, 0.05) is 10.0 Å². The molecule has 0 amide bonds. The summed E-state index contributed by atoms with van der Waals surface area (Å²) in [6.07, 6.45) is -0.884. The lowest BCUT2D eigenvalue weighted by atomic mass is 10.3. The molecule has 0 heterocycles. The molecule has 0 fully saturated rings. The van der Waals surface area contributed by atoms with Crippen LogP contribution in [0.4, 0.5) is 0 Å². The first kappa shape index (κ1) is 17.2. The molecule has 3 nitrogen and oxygen atoms in total. The maximum atomic E-state index is 12.0. The summed E-state index contributed by atoms with van der Waals surface area (Å²) in [7, 11) is 0. The first-order valence-corrected chi connectivity index (χ1v) is 7.66. The number of halogens is 4. The van der Waals surface area contributed by atoms with Crippen LogP contribution in [0, 0.1) is 0 Å². The molecule has 1 atom stereocenters. The largest absolute Gasteiger partial charge is 0.477 e. The zero-order valence-corrected chi connectivity index (χ0v) is 14.3. The fraction of sp³-hybridized carbons (Fsp3) is 0.133. The predicted molar refractivity (Wildman–Crippen MR) is 88.6 cm³/mol. The molecule has 0 spiro atoms. The van der Waals surface area contributed by atoms with E-state index in [4.69, 9.17) is 55.9 Å². The molecule has 0 N–H and O–H groups in total. The van der Waals surface area contributed by atoms with Crippen molar-refractivity contribution < 1.29 is 14.3 Å². The second kappa shape index (κ2) is 7.42. The van der Waals surface area contributed by atoms with Crippen molar-refractivity contribution in [3.63, 3.8) is 0 Å². The normalized spacial score (nSPS) is 11.9. The molecule has 2 aromatic rings. The number of ether oxygens (including phenoxy) is 2. The summed E-state index contributed by atoms with van der Waals surface area (Å²) in [4.78, 5) is 12.0. The third-order valence-corrected chi connectivity index (χ3v) is 3.70. The zero-order valence-electron chi connectivity index (χ0n) is 11.3. The standard InChI is InChI=1S/C15H10Cl4O3/c1-8(21-13-4-2-9(16)6-11(13)18)15(20)22-14-5-3-10(17)7-12(14)19/h2-8H,1H3. The highest BCUT2D eigenvalue weighted by Gasteiger charge is 2.19. The number of carbonyl (C=O) groups is 1. The Labute approximate surface area is 147 Å². The minimum absolute atomic E-state index is 0.203. The van der Waals surface area contributed by atoms with Crippen LogP contribution in [0.15, 0.2) is 36.4 Å². The van der Waals surface area contributed by atoms with E-state index in [1.165, 1.54) is 25.1 Å². The molecule has 0 radical (unpaired) electrons. The zero-order chi connectivity index (χ0) is 16.3. The molecule has 2 aromatic carbocycles. The van der Waals surface area contributed by atoms with Crippen molar-refractivity contribution in [2.45, 2.75) is 13.0 Å². The quantitative estimate of drug-likeness (QED) is 0.506. The number of hydrogen-bond donors (Lipinski definition) is 0. The maximum Gasteiger partial charge on any atom is 0.352 e. The van der Waals surface area contributed by atoms with Crippen LogP contribution in [0.2, 0.25) is 20.1 Å². The van der Waals surface area contributed by atoms with E-state index in [0.717, 1.165) is 0 Å². The summed E-state index contributed by atoms with van der Waals surface area (Å²) >= 11 is 23.5. The van der Waals surface area contributed by atoms with E-state index in [0.29, 0.717) is 20.8 Å². The molecular formula is C15H10Cl4O3. The molecule has 2 rings (SSSR count). The summed E-state index contributed by atoms with van der Waals surface area (Å²) in [6.45, 7) is 1.54. The number of rotatable bonds is 4. The molecule has 0 aliphatic carbocycles. The Balaban J connectivity index is 2.05. The van der Waals surface area contributed by atoms with Crippen molar-refractivity contribution in [2.24, 2.45) is 0 Å². The van der Waals surface area contributed by atoms with E-state index < -0.39 is 12.1 Å². The Hall–Kier alpha value is -1.13. The average Bonchev–Trinajstić information content (AvgIpc) is 2.44. The molecule has 7 heteroatoms. The van der Waals surface area contributed by atoms with E-state index in [-0.39, 0.29) is 10.8 Å². The molecule has 0 aromatic heterocycles. The van der Waals surface area contributed by atoms with Crippen molar-refractivity contribution in [3.05, 3.63) is 56.5 Å². The predicted octanol–water partition coefficient (Wildman–Crippen LogP) is 5.67. The monoisotopic (exact) mass is 378 g/mol. The first-order chi connectivity index (χ1) is 10.4. The Morgan fingerprint density at radius 3 is 1.91 bits per heavy atom. The van der Waals surface area contributed by atoms with Crippen LogP contribution in [0.25, 0.3) is 0 Å². The van der Waals surface area contributed by atoms with Crippen molar-refractivity contribution in [2.75, 3.05) is 0 Å². The molecule has 0 saturated carbocycles. The van der Waals surface area contributed by atoms with Crippen molar-refractivity contribution in [1.82, 2.24) is 0 Å². The lowest BCUT2D eigenvalue weighted by Gasteiger charge is -2.15. The number of esters is 1. The van der Waals surface area contributed by atoms with Gasteiger partial charge in [-0.3, -0.25) is 0 Å². The van der Waals surface area contributed by atoms with Crippen LogP contribution in [0.3, 0.4) is 0 Å². The Kier molecular flexibility index (Phi) is 5.81. The van der Waals surface area contributed by atoms with Gasteiger partial charge in [0.05, 0.1) is 10.0 Å². The van der Waals surface area contributed by atoms with Gasteiger partial charge in [-0.05, 0) is 43.3 Å². The van der Waals surface area contributed by atoms with Crippen molar-refractivity contribution >= 4 is 52.4 Å². The van der Waals surface area contributed by atoms with E-state index >= 15 is 0 Å². The fourth-order valence-corrected chi connectivity index (χ4v) is 2.46. The second-order valence-corrected chi connectivity index (χ2v) is 6.02. The third-order valence-electron chi connectivity index (χ3n) is 2.63. The first-order valence-electron chi connectivity index (χ1n) is 6.15. The van der Waals surface area contributed by atoms with E-state index in [9.17, 15) is 4.79 Å². The summed E-state index contributed by atoms with van der Waals surface area (Å²) < 4.78 is 10.6. The van der Waals surface area contributed by atoms with Gasteiger partial charge in [-0.15, -0.1) is 0 Å². The van der Waals surface area contributed by atoms with Crippen molar-refractivity contribution in [3.8, 4) is 11.5 Å². The minimum atomic E-state index is -0.884. The lowest BCUT2D eigenvalue weighted by Crippen LogP contribution is -2.28. The summed E-state index contributed by atoms with van der Waals surface area (Å²) in [5, 5.41) is 1.46. The van der Waals surface area contributed by atoms with Gasteiger partial charge in [0.2, 0.25) is 0 Å². The Bertz CT molecular complexity index is 703. The molecule has 0 aliphatic rings. The van der Waals surface area contributed by atoms with Gasteiger partial charge in [0.15, 0.2) is 6.10 Å². The maximum absolute atomic E-state index is 12.0.